The zero-order chi connectivity index (χ0) is 12.0. The van der Waals surface area contributed by atoms with Gasteiger partial charge in [-0.15, -0.1) is 12.4 Å². The van der Waals surface area contributed by atoms with Crippen LogP contribution in [0.2, 0.25) is 0 Å². The van der Waals surface area contributed by atoms with Crippen LogP contribution in [0, 0.1) is 5.82 Å². The van der Waals surface area contributed by atoms with Gasteiger partial charge in [0.25, 0.3) is 0 Å². The van der Waals surface area contributed by atoms with Crippen molar-refractivity contribution < 1.29 is 12.8 Å². The molecule has 0 heterocycles. The molecule has 0 fully saturated rings. The van der Waals surface area contributed by atoms with Gasteiger partial charge >= 0.3 is 0 Å². The molecule has 0 radical (unpaired) electrons. The van der Waals surface area contributed by atoms with Gasteiger partial charge in [-0.25, -0.2) is 17.5 Å². The Morgan fingerprint density at radius 3 is 2.29 bits per heavy atom. The van der Waals surface area contributed by atoms with Crippen molar-refractivity contribution in [3.8, 4) is 0 Å². The molecular weight excluding hydrogens is 267 g/mol. The lowest BCUT2D eigenvalue weighted by Crippen LogP contribution is -2.31. The minimum atomic E-state index is -3.51. The first-order chi connectivity index (χ1) is 7.56. The molecular formula is C10H16ClFN2O2S. The average molecular weight is 283 g/mol. The predicted octanol–water partition coefficient (Wildman–Crippen LogP) is 1.14. The molecule has 1 aromatic carbocycles. The van der Waals surface area contributed by atoms with Crippen molar-refractivity contribution >= 4 is 22.4 Å². The largest absolute Gasteiger partial charge is 0.316 e. The van der Waals surface area contributed by atoms with E-state index in [9.17, 15) is 12.8 Å². The van der Waals surface area contributed by atoms with Crippen LogP contribution in [0.3, 0.4) is 0 Å². The second-order valence-electron chi connectivity index (χ2n) is 3.21. The number of nitrogens with one attached hydrogen (secondary N) is 2. The lowest BCUT2D eigenvalue weighted by atomic mass is 10.4. The van der Waals surface area contributed by atoms with Crippen LogP contribution in [0.4, 0.5) is 4.39 Å². The molecule has 0 atom stereocenters. The van der Waals surface area contributed by atoms with E-state index in [1.54, 1.807) is 0 Å². The number of rotatable bonds is 6. The zero-order valence-corrected chi connectivity index (χ0v) is 11.1. The molecule has 7 heteroatoms. The first-order valence-corrected chi connectivity index (χ1v) is 6.50. The molecule has 0 aromatic heterocycles. The maximum Gasteiger partial charge on any atom is 0.240 e. The van der Waals surface area contributed by atoms with Gasteiger partial charge in [-0.1, -0.05) is 6.92 Å². The van der Waals surface area contributed by atoms with E-state index in [2.05, 4.69) is 10.0 Å². The van der Waals surface area contributed by atoms with E-state index in [1.165, 1.54) is 12.1 Å². The summed E-state index contributed by atoms with van der Waals surface area (Å²) in [6, 6.07) is 4.73. The minimum absolute atomic E-state index is 0. The Labute approximate surface area is 107 Å². The molecule has 0 aliphatic rings. The highest BCUT2D eigenvalue weighted by atomic mass is 35.5. The van der Waals surface area contributed by atoms with Crippen LogP contribution >= 0.6 is 12.4 Å². The number of hydrogen-bond donors (Lipinski definition) is 2. The van der Waals surface area contributed by atoms with Gasteiger partial charge in [-0.3, -0.25) is 0 Å². The number of hydrogen-bond acceptors (Lipinski definition) is 3. The highest BCUT2D eigenvalue weighted by Gasteiger charge is 2.12. The smallest absolute Gasteiger partial charge is 0.240 e. The lowest BCUT2D eigenvalue weighted by molar-refractivity contribution is 0.576. The van der Waals surface area contributed by atoms with Crippen molar-refractivity contribution in [1.29, 1.82) is 0 Å². The second-order valence-corrected chi connectivity index (χ2v) is 4.97. The van der Waals surface area contributed by atoms with Gasteiger partial charge in [0, 0.05) is 13.1 Å². The number of sulfonamides is 1. The summed E-state index contributed by atoms with van der Waals surface area (Å²) in [5.74, 6) is -0.452. The predicted molar refractivity (Wildman–Crippen MR) is 67.4 cm³/mol. The monoisotopic (exact) mass is 282 g/mol. The van der Waals surface area contributed by atoms with Crippen molar-refractivity contribution in [2.24, 2.45) is 0 Å². The maximum absolute atomic E-state index is 12.6. The third-order valence-electron chi connectivity index (χ3n) is 1.97. The summed E-state index contributed by atoms with van der Waals surface area (Å²) in [4.78, 5) is 0.0744. The molecule has 0 bridgehead atoms. The van der Waals surface area contributed by atoms with Crippen LogP contribution in [-0.4, -0.2) is 28.1 Å². The van der Waals surface area contributed by atoms with Crippen LogP contribution in [-0.2, 0) is 10.0 Å². The Morgan fingerprint density at radius 1 is 1.18 bits per heavy atom. The van der Waals surface area contributed by atoms with E-state index in [0.29, 0.717) is 13.1 Å². The van der Waals surface area contributed by atoms with Gasteiger partial charge in [0.15, 0.2) is 0 Å². The van der Waals surface area contributed by atoms with E-state index < -0.39 is 15.8 Å². The molecule has 1 aromatic rings. The first-order valence-electron chi connectivity index (χ1n) is 5.02. The average Bonchev–Trinajstić information content (AvgIpc) is 2.25. The fraction of sp³-hybridized carbons (Fsp3) is 0.400. The molecule has 0 unspecified atom stereocenters. The van der Waals surface area contributed by atoms with Crippen molar-refractivity contribution in [3.63, 3.8) is 0 Å². The third kappa shape index (κ3) is 5.45. The van der Waals surface area contributed by atoms with Crippen molar-refractivity contribution in [2.75, 3.05) is 19.6 Å². The van der Waals surface area contributed by atoms with Crippen molar-refractivity contribution in [3.05, 3.63) is 30.1 Å². The van der Waals surface area contributed by atoms with Gasteiger partial charge in [0.2, 0.25) is 10.0 Å². The standard InChI is InChI=1S/C10H15FN2O2S.ClH/c1-2-12-7-8-13-16(14,15)10-5-3-9(11)4-6-10;/h3-6,12-13H,2,7-8H2,1H3;1H. The maximum atomic E-state index is 12.6. The summed E-state index contributed by atoms with van der Waals surface area (Å²) in [5.41, 5.74) is 0. The zero-order valence-electron chi connectivity index (χ0n) is 9.44. The molecule has 0 aliphatic heterocycles. The van der Waals surface area contributed by atoms with E-state index in [1.807, 2.05) is 6.92 Å². The summed E-state index contributed by atoms with van der Waals surface area (Å²) < 4.78 is 38.3. The van der Waals surface area contributed by atoms with Crippen LogP contribution in [0.5, 0.6) is 0 Å². The molecule has 0 saturated heterocycles. The van der Waals surface area contributed by atoms with E-state index >= 15 is 0 Å². The number of likely N-dealkylation sites (N-methyl/N-ethyl adjacent to an activating group) is 1. The normalized spacial score (nSPS) is 10.9. The van der Waals surface area contributed by atoms with Crippen molar-refractivity contribution in [2.45, 2.75) is 11.8 Å². The highest BCUT2D eigenvalue weighted by molar-refractivity contribution is 7.89. The van der Waals surface area contributed by atoms with Gasteiger partial charge < -0.3 is 5.32 Å². The summed E-state index contributed by atoms with van der Waals surface area (Å²) in [6.45, 7) is 3.61. The van der Waals surface area contributed by atoms with Crippen LogP contribution in [0.15, 0.2) is 29.2 Å². The van der Waals surface area contributed by atoms with Gasteiger partial charge in [-0.2, -0.15) is 0 Å². The topological polar surface area (TPSA) is 58.2 Å². The summed E-state index contributed by atoms with van der Waals surface area (Å²) in [5, 5.41) is 2.99. The van der Waals surface area contributed by atoms with E-state index in [0.717, 1.165) is 18.7 Å². The quantitative estimate of drug-likeness (QED) is 0.769. The van der Waals surface area contributed by atoms with Gasteiger partial charge in [-0.05, 0) is 30.8 Å². The van der Waals surface area contributed by atoms with E-state index in [-0.39, 0.29) is 17.3 Å². The molecule has 4 nitrogen and oxygen atoms in total. The fourth-order valence-electron chi connectivity index (χ4n) is 1.15. The summed E-state index contributed by atoms with van der Waals surface area (Å²) in [6.07, 6.45) is 0. The molecule has 2 N–H and O–H groups in total. The Kier molecular flexibility index (Phi) is 7.29. The molecule has 0 aliphatic carbocycles. The first kappa shape index (κ1) is 16.3. The van der Waals surface area contributed by atoms with Crippen LogP contribution in [0.1, 0.15) is 6.92 Å². The third-order valence-corrected chi connectivity index (χ3v) is 3.44. The van der Waals surface area contributed by atoms with Gasteiger partial charge in [0.1, 0.15) is 5.82 Å². The Balaban J connectivity index is 0.00000256. The molecule has 98 valence electrons. The highest BCUT2D eigenvalue weighted by Crippen LogP contribution is 2.08. The molecule has 0 spiro atoms. The minimum Gasteiger partial charge on any atom is -0.316 e. The van der Waals surface area contributed by atoms with Crippen LogP contribution in [0.25, 0.3) is 0 Å². The SMILES string of the molecule is CCNCCNS(=O)(=O)c1ccc(F)cc1.Cl. The second kappa shape index (κ2) is 7.60. The molecule has 0 amide bonds. The molecule has 0 saturated carbocycles. The number of benzene rings is 1. The van der Waals surface area contributed by atoms with Crippen LogP contribution < -0.4 is 10.0 Å². The lowest BCUT2D eigenvalue weighted by Gasteiger charge is -2.06. The Hall–Kier alpha value is -0.690. The Morgan fingerprint density at radius 2 is 1.76 bits per heavy atom. The van der Waals surface area contributed by atoms with Crippen molar-refractivity contribution in [1.82, 2.24) is 10.0 Å². The summed E-state index contributed by atoms with van der Waals surface area (Å²) in [7, 11) is -3.51. The molecule has 1 rings (SSSR count). The molecule has 17 heavy (non-hydrogen) atoms. The fourth-order valence-corrected chi connectivity index (χ4v) is 2.18. The Bertz CT molecular complexity index is 422. The summed E-state index contributed by atoms with van der Waals surface area (Å²) >= 11 is 0. The number of halogens is 2. The van der Waals surface area contributed by atoms with Gasteiger partial charge in [0.05, 0.1) is 4.90 Å². The van der Waals surface area contributed by atoms with E-state index in [4.69, 9.17) is 0 Å².